The molecule has 0 spiro atoms. The first-order chi connectivity index (χ1) is 13.4. The second-order valence-corrected chi connectivity index (χ2v) is 7.55. The smallest absolute Gasteiger partial charge is 0.246 e. The number of aromatic nitrogens is 2. The molecule has 0 aliphatic heterocycles. The number of anilines is 1. The van der Waals surface area contributed by atoms with Crippen LogP contribution in [0.25, 0.3) is 0 Å². The maximum atomic E-state index is 12.2. The van der Waals surface area contributed by atoms with Gasteiger partial charge in [-0.2, -0.15) is 5.10 Å². The molecule has 160 valence electrons. The average molecular weight is 577 g/mol. The monoisotopic (exact) mass is 576 g/mol. The normalized spacial score (nSPS) is 11.0. The van der Waals surface area contributed by atoms with Gasteiger partial charge in [0.05, 0.1) is 5.69 Å². The molecule has 0 fully saturated rings. The van der Waals surface area contributed by atoms with Crippen molar-refractivity contribution in [1.82, 2.24) is 20.4 Å². The summed E-state index contributed by atoms with van der Waals surface area (Å²) >= 11 is 3.42. The van der Waals surface area contributed by atoms with Gasteiger partial charge in [0, 0.05) is 35.5 Å². The summed E-state index contributed by atoms with van der Waals surface area (Å²) in [5, 5.41) is 13.8. The lowest BCUT2D eigenvalue weighted by Gasteiger charge is -2.12. The molecule has 1 amide bonds. The van der Waals surface area contributed by atoms with Crippen LogP contribution >= 0.6 is 39.9 Å². The number of aliphatic imine (C=N–C) groups is 1. The maximum absolute atomic E-state index is 12.2. The van der Waals surface area contributed by atoms with Gasteiger partial charge in [0.15, 0.2) is 5.96 Å². The van der Waals surface area contributed by atoms with Crippen LogP contribution in [0.4, 0.5) is 5.69 Å². The van der Waals surface area contributed by atoms with E-state index in [1.165, 1.54) is 0 Å². The lowest BCUT2D eigenvalue weighted by atomic mass is 10.2. The van der Waals surface area contributed by atoms with E-state index < -0.39 is 0 Å². The molecule has 0 aliphatic carbocycles. The highest BCUT2D eigenvalue weighted by Crippen LogP contribution is 2.20. The van der Waals surface area contributed by atoms with Crippen molar-refractivity contribution in [3.8, 4) is 0 Å². The van der Waals surface area contributed by atoms with E-state index in [1.54, 1.807) is 0 Å². The Hall–Kier alpha value is -1.62. The number of benzene rings is 1. The Balaban J connectivity index is 0.00000420. The minimum Gasteiger partial charge on any atom is -0.357 e. The maximum Gasteiger partial charge on any atom is 0.246 e. The molecule has 29 heavy (non-hydrogen) atoms. The number of amides is 1. The third kappa shape index (κ3) is 8.73. The SMILES string of the molecule is CCNC(=NCC(=O)Nc1cc(Br)ccc1C)NCCCn1nc(C)cc1C.I. The van der Waals surface area contributed by atoms with E-state index in [-0.39, 0.29) is 36.4 Å². The predicted octanol–water partition coefficient (Wildman–Crippen LogP) is 3.77. The second-order valence-electron chi connectivity index (χ2n) is 6.63. The van der Waals surface area contributed by atoms with Gasteiger partial charge in [0.25, 0.3) is 0 Å². The summed E-state index contributed by atoms with van der Waals surface area (Å²) in [6, 6.07) is 7.86. The first kappa shape index (κ1) is 25.4. The van der Waals surface area contributed by atoms with Crippen molar-refractivity contribution >= 4 is 57.5 Å². The Morgan fingerprint density at radius 2 is 1.97 bits per heavy atom. The van der Waals surface area contributed by atoms with Crippen LogP contribution in [0.3, 0.4) is 0 Å². The average Bonchev–Trinajstić information content (AvgIpc) is 2.97. The zero-order chi connectivity index (χ0) is 20.5. The molecule has 7 nitrogen and oxygen atoms in total. The number of hydrogen-bond acceptors (Lipinski definition) is 3. The van der Waals surface area contributed by atoms with E-state index >= 15 is 0 Å². The number of hydrogen-bond donors (Lipinski definition) is 3. The topological polar surface area (TPSA) is 83.3 Å². The van der Waals surface area contributed by atoms with Crippen molar-refractivity contribution in [2.24, 2.45) is 4.99 Å². The van der Waals surface area contributed by atoms with Crippen LogP contribution in [0, 0.1) is 20.8 Å². The van der Waals surface area contributed by atoms with Gasteiger partial charge in [-0.05, 0) is 57.9 Å². The summed E-state index contributed by atoms with van der Waals surface area (Å²) in [5.74, 6) is 0.484. The van der Waals surface area contributed by atoms with E-state index in [9.17, 15) is 4.79 Å². The van der Waals surface area contributed by atoms with Gasteiger partial charge in [0.2, 0.25) is 5.91 Å². The van der Waals surface area contributed by atoms with E-state index in [0.717, 1.165) is 53.2 Å². The van der Waals surface area contributed by atoms with Crippen molar-refractivity contribution < 1.29 is 4.79 Å². The Labute approximate surface area is 198 Å². The number of carbonyl (C=O) groups excluding carboxylic acids is 1. The quantitative estimate of drug-likeness (QED) is 0.193. The van der Waals surface area contributed by atoms with Gasteiger partial charge >= 0.3 is 0 Å². The van der Waals surface area contributed by atoms with Crippen molar-refractivity contribution in [3.63, 3.8) is 0 Å². The number of rotatable bonds is 8. The van der Waals surface area contributed by atoms with Gasteiger partial charge in [-0.1, -0.05) is 22.0 Å². The van der Waals surface area contributed by atoms with Gasteiger partial charge < -0.3 is 16.0 Å². The van der Waals surface area contributed by atoms with Gasteiger partial charge in [-0.25, -0.2) is 4.99 Å². The minimum absolute atomic E-state index is 0. The fourth-order valence-corrected chi connectivity index (χ4v) is 3.11. The fourth-order valence-electron chi connectivity index (χ4n) is 2.75. The molecule has 1 aromatic carbocycles. The molecule has 2 aromatic rings. The molecule has 1 heterocycles. The van der Waals surface area contributed by atoms with Crippen LogP contribution in [-0.4, -0.2) is 41.3 Å². The first-order valence-corrected chi connectivity index (χ1v) is 10.3. The van der Waals surface area contributed by atoms with Crippen LogP contribution in [0.5, 0.6) is 0 Å². The number of aryl methyl sites for hydroxylation is 4. The van der Waals surface area contributed by atoms with Gasteiger partial charge in [-0.15, -0.1) is 24.0 Å². The summed E-state index contributed by atoms with van der Waals surface area (Å²) < 4.78 is 2.93. The third-order valence-electron chi connectivity index (χ3n) is 4.14. The molecule has 0 atom stereocenters. The molecule has 1 aromatic heterocycles. The van der Waals surface area contributed by atoms with Crippen LogP contribution in [0.2, 0.25) is 0 Å². The highest BCUT2D eigenvalue weighted by molar-refractivity contribution is 14.0. The summed E-state index contributed by atoms with van der Waals surface area (Å²) in [7, 11) is 0. The lowest BCUT2D eigenvalue weighted by molar-refractivity contribution is -0.114. The fraction of sp³-hybridized carbons (Fsp3) is 0.450. The standard InChI is InChI=1S/C20H29BrN6O.HI/c1-5-22-20(23-9-6-10-27-16(4)11-15(3)26-27)24-13-19(28)25-18-12-17(21)8-7-14(18)2;/h7-8,11-12H,5-6,9-10,13H2,1-4H3,(H,25,28)(H2,22,23,24);1H. The minimum atomic E-state index is -0.152. The van der Waals surface area contributed by atoms with E-state index in [4.69, 9.17) is 0 Å². The number of nitrogens with one attached hydrogen (secondary N) is 3. The van der Waals surface area contributed by atoms with Crippen LogP contribution < -0.4 is 16.0 Å². The number of guanidine groups is 1. The molecule has 0 saturated heterocycles. The number of halogens is 2. The molecular weight excluding hydrogens is 547 g/mol. The van der Waals surface area contributed by atoms with Crippen LogP contribution in [0.15, 0.2) is 33.7 Å². The van der Waals surface area contributed by atoms with Crippen molar-refractivity contribution in [1.29, 1.82) is 0 Å². The van der Waals surface area contributed by atoms with Crippen molar-refractivity contribution in [3.05, 3.63) is 45.7 Å². The largest absolute Gasteiger partial charge is 0.357 e. The summed E-state index contributed by atoms with van der Waals surface area (Å²) in [5.41, 5.74) is 4.00. The van der Waals surface area contributed by atoms with Gasteiger partial charge in [0.1, 0.15) is 6.54 Å². The van der Waals surface area contributed by atoms with E-state index in [1.807, 2.05) is 43.7 Å². The molecule has 0 aliphatic rings. The molecule has 0 saturated carbocycles. The highest BCUT2D eigenvalue weighted by atomic mass is 127. The predicted molar refractivity (Wildman–Crippen MR) is 133 cm³/mol. The first-order valence-electron chi connectivity index (χ1n) is 9.48. The lowest BCUT2D eigenvalue weighted by Crippen LogP contribution is -2.38. The molecule has 3 N–H and O–H groups in total. The highest BCUT2D eigenvalue weighted by Gasteiger charge is 2.06. The van der Waals surface area contributed by atoms with Crippen LogP contribution in [-0.2, 0) is 11.3 Å². The Bertz CT molecular complexity index is 836. The zero-order valence-corrected chi connectivity index (χ0v) is 21.3. The van der Waals surface area contributed by atoms with Gasteiger partial charge in [-0.3, -0.25) is 9.48 Å². The van der Waals surface area contributed by atoms with Crippen molar-refractivity contribution in [2.75, 3.05) is 25.0 Å². The molecule has 0 bridgehead atoms. The molecule has 0 unspecified atom stereocenters. The molecular formula is C20H30BrIN6O. The number of nitrogens with zero attached hydrogens (tertiary/aromatic N) is 3. The second kappa shape index (κ2) is 12.8. The molecule has 0 radical (unpaired) electrons. The van der Waals surface area contributed by atoms with Crippen molar-refractivity contribution in [2.45, 2.75) is 40.7 Å². The molecule has 9 heteroatoms. The summed E-state index contributed by atoms with van der Waals surface area (Å²) in [6.07, 6.45) is 0.913. The number of carbonyl (C=O) groups is 1. The summed E-state index contributed by atoms with van der Waals surface area (Å²) in [4.78, 5) is 16.6. The zero-order valence-electron chi connectivity index (χ0n) is 17.4. The van der Waals surface area contributed by atoms with E-state index in [2.05, 4.69) is 55.0 Å². The molecule has 2 rings (SSSR count). The Morgan fingerprint density at radius 3 is 2.62 bits per heavy atom. The Kier molecular flexibility index (Phi) is 11.3. The summed E-state index contributed by atoms with van der Waals surface area (Å²) in [6.45, 7) is 10.4. The Morgan fingerprint density at radius 1 is 1.21 bits per heavy atom. The van der Waals surface area contributed by atoms with Crippen LogP contribution in [0.1, 0.15) is 30.3 Å². The van der Waals surface area contributed by atoms with E-state index in [0.29, 0.717) is 5.96 Å². The third-order valence-corrected chi connectivity index (χ3v) is 4.63.